The Morgan fingerprint density at radius 2 is 1.86 bits per heavy atom. The maximum Gasteiger partial charge on any atom is 0.330 e. The Morgan fingerprint density at radius 1 is 1.18 bits per heavy atom. The fraction of sp³-hybridized carbons (Fsp3) is 0.375. The molecule has 0 aliphatic heterocycles. The maximum absolute atomic E-state index is 13.5. The van der Waals surface area contributed by atoms with Gasteiger partial charge in [0, 0.05) is 12.1 Å². The molecule has 2 atom stereocenters. The van der Waals surface area contributed by atoms with Crippen LogP contribution >= 0.6 is 0 Å². The van der Waals surface area contributed by atoms with Gasteiger partial charge in [0.15, 0.2) is 0 Å². The van der Waals surface area contributed by atoms with Gasteiger partial charge in [0.1, 0.15) is 17.7 Å². The van der Waals surface area contributed by atoms with Crippen LogP contribution in [0.4, 0.5) is 8.78 Å². The summed E-state index contributed by atoms with van der Waals surface area (Å²) in [6.07, 6.45) is 4.04. The number of hydrogen-bond donors (Lipinski definition) is 0. The van der Waals surface area contributed by atoms with E-state index >= 15 is 0 Å². The van der Waals surface area contributed by atoms with Crippen molar-refractivity contribution < 1.29 is 18.3 Å². The highest BCUT2D eigenvalue weighted by Gasteiger charge is 2.32. The van der Waals surface area contributed by atoms with Crippen LogP contribution in [0.25, 0.3) is 0 Å². The summed E-state index contributed by atoms with van der Waals surface area (Å²) < 4.78 is 32.7. The summed E-state index contributed by atoms with van der Waals surface area (Å²) in [6.45, 7) is 9.73. The number of fused-ring (bicyclic) bond motifs is 1. The quantitative estimate of drug-likeness (QED) is 0.487. The second-order valence-corrected chi connectivity index (χ2v) is 7.73. The highest BCUT2D eigenvalue weighted by Crippen LogP contribution is 2.41. The molecule has 2 aromatic rings. The Bertz CT molecular complexity index is 897. The number of benzene rings is 2. The molecule has 0 N–H and O–H groups in total. The number of carbonyl (C=O) groups excluding carboxylic acids is 1. The highest BCUT2D eigenvalue weighted by atomic mass is 19.1. The smallest absolute Gasteiger partial charge is 0.330 e. The lowest BCUT2D eigenvalue weighted by atomic mass is 9.76. The number of hydrogen-bond acceptors (Lipinski definition) is 2. The normalized spacial score (nSPS) is 18.5. The Morgan fingerprint density at radius 3 is 2.50 bits per heavy atom. The molecule has 0 saturated heterocycles. The number of rotatable bonds is 5. The first-order chi connectivity index (χ1) is 13.3. The number of esters is 1. The molecule has 0 heterocycles. The van der Waals surface area contributed by atoms with Gasteiger partial charge in [0.2, 0.25) is 0 Å². The Hall–Kier alpha value is -2.49. The topological polar surface area (TPSA) is 26.3 Å². The van der Waals surface area contributed by atoms with Crippen molar-refractivity contribution in [2.45, 2.75) is 52.6 Å². The summed E-state index contributed by atoms with van der Waals surface area (Å²) in [5.74, 6) is -1.30. The van der Waals surface area contributed by atoms with Gasteiger partial charge < -0.3 is 4.74 Å². The van der Waals surface area contributed by atoms with Crippen molar-refractivity contribution in [1.82, 2.24) is 0 Å². The van der Waals surface area contributed by atoms with E-state index in [2.05, 4.69) is 26.5 Å². The zero-order chi connectivity index (χ0) is 20.4. The van der Waals surface area contributed by atoms with E-state index in [0.717, 1.165) is 35.6 Å². The Kier molecular flexibility index (Phi) is 5.97. The van der Waals surface area contributed by atoms with Crippen LogP contribution < -0.4 is 0 Å². The van der Waals surface area contributed by atoms with Crippen molar-refractivity contribution >= 4 is 5.97 Å². The van der Waals surface area contributed by atoms with Crippen molar-refractivity contribution in [2.24, 2.45) is 5.92 Å². The Balaban J connectivity index is 1.94. The first-order valence-corrected chi connectivity index (χ1v) is 9.70. The summed E-state index contributed by atoms with van der Waals surface area (Å²) in [4.78, 5) is 11.9. The van der Waals surface area contributed by atoms with Crippen LogP contribution in [0.5, 0.6) is 0 Å². The lowest BCUT2D eigenvalue weighted by Gasteiger charge is -2.34. The summed E-state index contributed by atoms with van der Waals surface area (Å²) in [5, 5.41) is 0. The first kappa shape index (κ1) is 20.2. The van der Waals surface area contributed by atoms with Crippen LogP contribution in [0.15, 0.2) is 36.9 Å². The minimum absolute atomic E-state index is 0.224. The highest BCUT2D eigenvalue weighted by molar-refractivity contribution is 5.81. The zero-order valence-corrected chi connectivity index (χ0v) is 16.6. The fourth-order valence-electron chi connectivity index (χ4n) is 4.24. The molecule has 2 aromatic carbocycles. The molecule has 2 nitrogen and oxygen atoms in total. The van der Waals surface area contributed by atoms with Crippen molar-refractivity contribution in [3.05, 3.63) is 81.9 Å². The van der Waals surface area contributed by atoms with Gasteiger partial charge in [-0.3, -0.25) is 0 Å². The third-order valence-corrected chi connectivity index (χ3v) is 5.74. The lowest BCUT2D eigenvalue weighted by molar-refractivity contribution is -0.146. The van der Waals surface area contributed by atoms with Crippen molar-refractivity contribution in [3.63, 3.8) is 0 Å². The van der Waals surface area contributed by atoms with E-state index in [4.69, 9.17) is 4.74 Å². The average Bonchev–Trinajstić information content (AvgIpc) is 2.64. The van der Waals surface area contributed by atoms with Crippen LogP contribution in [-0.4, -0.2) is 5.97 Å². The molecule has 1 aliphatic rings. The van der Waals surface area contributed by atoms with Crippen LogP contribution in [-0.2, 0) is 28.8 Å². The van der Waals surface area contributed by atoms with E-state index in [0.29, 0.717) is 18.4 Å². The lowest BCUT2D eigenvalue weighted by Crippen LogP contribution is -2.25. The Labute approximate surface area is 165 Å². The van der Waals surface area contributed by atoms with Gasteiger partial charge in [-0.25, -0.2) is 13.6 Å². The van der Waals surface area contributed by atoms with Gasteiger partial charge in [0.05, 0.1) is 0 Å². The molecule has 28 heavy (non-hydrogen) atoms. The predicted octanol–water partition coefficient (Wildman–Crippen LogP) is 5.72. The minimum atomic E-state index is -0.557. The SMILES string of the molecule is C=CC(=O)O[C@H]1c2c(C)c(CCc3cc(F)cc(F)c3)cc(C)c2CC[C@H]1C. The van der Waals surface area contributed by atoms with E-state index in [1.807, 2.05) is 6.92 Å². The largest absolute Gasteiger partial charge is 0.454 e. The van der Waals surface area contributed by atoms with Gasteiger partial charge >= 0.3 is 5.97 Å². The molecule has 4 heteroatoms. The number of aryl methyl sites for hydroxylation is 3. The van der Waals surface area contributed by atoms with E-state index < -0.39 is 17.6 Å². The van der Waals surface area contributed by atoms with Crippen LogP contribution in [0.2, 0.25) is 0 Å². The van der Waals surface area contributed by atoms with E-state index in [1.165, 1.54) is 29.3 Å². The van der Waals surface area contributed by atoms with Gasteiger partial charge in [0.25, 0.3) is 0 Å². The summed E-state index contributed by atoms with van der Waals surface area (Å²) in [7, 11) is 0. The molecule has 0 fully saturated rings. The predicted molar refractivity (Wildman–Crippen MR) is 106 cm³/mol. The molecule has 3 rings (SSSR count). The molecular formula is C24H26F2O2. The van der Waals surface area contributed by atoms with Gasteiger partial charge in [-0.15, -0.1) is 0 Å². The zero-order valence-electron chi connectivity index (χ0n) is 16.6. The molecule has 0 saturated carbocycles. The van der Waals surface area contributed by atoms with E-state index in [-0.39, 0.29) is 12.0 Å². The van der Waals surface area contributed by atoms with Crippen molar-refractivity contribution in [1.29, 1.82) is 0 Å². The average molecular weight is 384 g/mol. The van der Waals surface area contributed by atoms with Gasteiger partial charge in [-0.2, -0.15) is 0 Å². The molecule has 0 aromatic heterocycles. The first-order valence-electron chi connectivity index (χ1n) is 9.70. The second kappa shape index (κ2) is 8.26. The molecule has 0 radical (unpaired) electrons. The molecule has 0 unspecified atom stereocenters. The third kappa shape index (κ3) is 4.16. The van der Waals surface area contributed by atoms with E-state index in [9.17, 15) is 13.6 Å². The molecule has 148 valence electrons. The third-order valence-electron chi connectivity index (χ3n) is 5.74. The van der Waals surface area contributed by atoms with Crippen molar-refractivity contribution in [2.75, 3.05) is 0 Å². The molecule has 0 amide bonds. The molecular weight excluding hydrogens is 358 g/mol. The van der Waals surface area contributed by atoms with Gasteiger partial charge in [-0.05, 0) is 91.0 Å². The van der Waals surface area contributed by atoms with Crippen LogP contribution in [0, 0.1) is 31.4 Å². The number of halogens is 2. The summed E-state index contributed by atoms with van der Waals surface area (Å²) in [5.41, 5.74) is 6.37. The number of ether oxygens (including phenoxy) is 1. The maximum atomic E-state index is 13.5. The van der Waals surface area contributed by atoms with E-state index in [1.54, 1.807) is 0 Å². The van der Waals surface area contributed by atoms with Crippen LogP contribution in [0.3, 0.4) is 0 Å². The minimum Gasteiger partial charge on any atom is -0.454 e. The molecule has 0 bridgehead atoms. The number of carbonyl (C=O) groups is 1. The summed E-state index contributed by atoms with van der Waals surface area (Å²) >= 11 is 0. The monoisotopic (exact) mass is 384 g/mol. The molecule has 1 aliphatic carbocycles. The van der Waals surface area contributed by atoms with Crippen LogP contribution in [0.1, 0.15) is 52.8 Å². The fourth-order valence-corrected chi connectivity index (χ4v) is 4.24. The standard InChI is InChI=1S/C24H26F2O2/c1-5-22(27)28-24-14(2)6-9-21-15(3)10-18(16(4)23(21)24)8-7-17-11-19(25)13-20(26)12-17/h5,10-14,24H,1,6-9H2,2-4H3/t14-,24-/m1/s1. The molecule has 0 spiro atoms. The summed E-state index contributed by atoms with van der Waals surface area (Å²) in [6, 6.07) is 5.80. The van der Waals surface area contributed by atoms with Gasteiger partial charge in [-0.1, -0.05) is 19.6 Å². The van der Waals surface area contributed by atoms with Crippen molar-refractivity contribution in [3.8, 4) is 0 Å². The second-order valence-electron chi connectivity index (χ2n) is 7.73.